The van der Waals surface area contributed by atoms with Crippen LogP contribution in [0.15, 0.2) is 40.9 Å². The number of halogens is 4. The summed E-state index contributed by atoms with van der Waals surface area (Å²) < 4.78 is 47.1. The fourth-order valence-corrected chi connectivity index (χ4v) is 2.60. The number of methoxy groups -OCH3 is 1. The van der Waals surface area contributed by atoms with Gasteiger partial charge >= 0.3 is 6.18 Å². The second kappa shape index (κ2) is 7.25. The number of carbonyl (C=O) groups is 1. The lowest BCUT2D eigenvalue weighted by atomic mass is 10.0. The third-order valence-electron chi connectivity index (χ3n) is 3.19. The summed E-state index contributed by atoms with van der Waals surface area (Å²) in [6.07, 6.45) is -4.44. The average Bonchev–Trinajstić information content (AvgIpc) is 2.51. The van der Waals surface area contributed by atoms with Crippen LogP contribution in [-0.2, 0) is 0 Å². The van der Waals surface area contributed by atoms with Gasteiger partial charge < -0.3 is 9.47 Å². The Bertz CT molecular complexity index is 757. The molecule has 24 heavy (non-hydrogen) atoms. The Hall–Kier alpha value is -2.02. The Kier molecular flexibility index (Phi) is 5.54. The van der Waals surface area contributed by atoms with Gasteiger partial charge in [-0.05, 0) is 48.9 Å². The van der Waals surface area contributed by atoms with Crippen LogP contribution in [0.1, 0.15) is 21.5 Å². The predicted octanol–water partition coefficient (Wildman–Crippen LogP) is 4.94. The SMILES string of the molecule is COc1ccc(C(=O)c2cc(Br)cc(OCC(F)(F)F)c2)cc1C. The zero-order valence-corrected chi connectivity index (χ0v) is 14.5. The zero-order chi connectivity index (χ0) is 17.9. The molecule has 0 heterocycles. The molecule has 0 fully saturated rings. The van der Waals surface area contributed by atoms with Crippen LogP contribution in [0.2, 0.25) is 0 Å². The van der Waals surface area contributed by atoms with Crippen LogP contribution in [0, 0.1) is 6.92 Å². The lowest BCUT2D eigenvalue weighted by Crippen LogP contribution is -2.19. The smallest absolute Gasteiger partial charge is 0.422 e. The van der Waals surface area contributed by atoms with E-state index in [1.807, 2.05) is 0 Å². The number of hydrogen-bond donors (Lipinski definition) is 0. The number of carbonyl (C=O) groups excluding carboxylic acids is 1. The van der Waals surface area contributed by atoms with Crippen molar-refractivity contribution in [3.8, 4) is 11.5 Å². The van der Waals surface area contributed by atoms with E-state index in [1.165, 1.54) is 25.3 Å². The second-order valence-electron chi connectivity index (χ2n) is 5.09. The largest absolute Gasteiger partial charge is 0.496 e. The minimum atomic E-state index is -4.44. The molecule has 2 aromatic carbocycles. The van der Waals surface area contributed by atoms with Crippen molar-refractivity contribution in [1.29, 1.82) is 0 Å². The van der Waals surface area contributed by atoms with Crippen molar-refractivity contribution in [3.05, 3.63) is 57.6 Å². The Morgan fingerprint density at radius 2 is 1.83 bits per heavy atom. The molecule has 0 unspecified atom stereocenters. The van der Waals surface area contributed by atoms with Gasteiger partial charge in [-0.3, -0.25) is 4.79 Å². The number of rotatable bonds is 5. The summed E-state index contributed by atoms with van der Waals surface area (Å²) >= 11 is 3.18. The Labute approximate surface area is 145 Å². The number of ether oxygens (including phenoxy) is 2. The van der Waals surface area contributed by atoms with E-state index in [0.717, 1.165) is 5.56 Å². The first-order valence-corrected chi connectivity index (χ1v) is 7.68. The highest BCUT2D eigenvalue weighted by molar-refractivity contribution is 9.10. The van der Waals surface area contributed by atoms with E-state index in [-0.39, 0.29) is 17.1 Å². The van der Waals surface area contributed by atoms with E-state index in [4.69, 9.17) is 9.47 Å². The van der Waals surface area contributed by atoms with E-state index in [1.54, 1.807) is 25.1 Å². The minimum Gasteiger partial charge on any atom is -0.496 e. The standard InChI is InChI=1S/C17H14BrF3O3/c1-10-5-11(3-4-15(10)23-2)16(22)12-6-13(18)8-14(7-12)24-9-17(19,20)21/h3-8H,9H2,1-2H3. The number of hydrogen-bond acceptors (Lipinski definition) is 3. The van der Waals surface area contributed by atoms with Gasteiger partial charge in [-0.25, -0.2) is 0 Å². The molecule has 3 nitrogen and oxygen atoms in total. The summed E-state index contributed by atoms with van der Waals surface area (Å²) in [7, 11) is 1.53. The lowest BCUT2D eigenvalue weighted by Gasteiger charge is -2.11. The van der Waals surface area contributed by atoms with Gasteiger partial charge in [0.1, 0.15) is 11.5 Å². The molecule has 0 aliphatic rings. The Morgan fingerprint density at radius 1 is 1.12 bits per heavy atom. The average molecular weight is 403 g/mol. The van der Waals surface area contributed by atoms with Gasteiger partial charge in [0.2, 0.25) is 0 Å². The third-order valence-corrected chi connectivity index (χ3v) is 3.65. The van der Waals surface area contributed by atoms with Crippen LogP contribution in [-0.4, -0.2) is 25.7 Å². The maximum atomic E-state index is 12.6. The Morgan fingerprint density at radius 3 is 2.42 bits per heavy atom. The summed E-state index contributed by atoms with van der Waals surface area (Å²) in [4.78, 5) is 12.6. The van der Waals surface area contributed by atoms with E-state index in [9.17, 15) is 18.0 Å². The van der Waals surface area contributed by atoms with Crippen LogP contribution < -0.4 is 9.47 Å². The molecule has 2 rings (SSSR count). The number of aryl methyl sites for hydroxylation is 1. The van der Waals surface area contributed by atoms with Crippen LogP contribution >= 0.6 is 15.9 Å². The zero-order valence-electron chi connectivity index (χ0n) is 12.9. The number of alkyl halides is 3. The normalized spacial score (nSPS) is 11.2. The van der Waals surface area contributed by atoms with Gasteiger partial charge in [-0.15, -0.1) is 0 Å². The molecular weight excluding hydrogens is 389 g/mol. The van der Waals surface area contributed by atoms with Crippen LogP contribution in [0.5, 0.6) is 11.5 Å². The monoisotopic (exact) mass is 402 g/mol. The molecule has 0 N–H and O–H groups in total. The first-order chi connectivity index (χ1) is 11.2. The number of benzene rings is 2. The van der Waals surface area contributed by atoms with E-state index in [2.05, 4.69) is 15.9 Å². The highest BCUT2D eigenvalue weighted by Crippen LogP contribution is 2.26. The summed E-state index contributed by atoms with van der Waals surface area (Å²) in [5, 5.41) is 0. The molecule has 0 radical (unpaired) electrons. The quantitative estimate of drug-likeness (QED) is 0.664. The van der Waals surface area contributed by atoms with Gasteiger partial charge in [0, 0.05) is 15.6 Å². The molecule has 0 saturated carbocycles. The second-order valence-corrected chi connectivity index (χ2v) is 6.01. The van der Waals surface area contributed by atoms with E-state index in [0.29, 0.717) is 15.8 Å². The van der Waals surface area contributed by atoms with Crippen molar-refractivity contribution < 1.29 is 27.4 Å². The van der Waals surface area contributed by atoms with Gasteiger partial charge in [-0.2, -0.15) is 13.2 Å². The summed E-state index contributed by atoms with van der Waals surface area (Å²) in [6, 6.07) is 9.13. The van der Waals surface area contributed by atoms with Crippen molar-refractivity contribution in [2.24, 2.45) is 0 Å². The molecule has 128 valence electrons. The van der Waals surface area contributed by atoms with E-state index < -0.39 is 12.8 Å². The lowest BCUT2D eigenvalue weighted by molar-refractivity contribution is -0.153. The topological polar surface area (TPSA) is 35.5 Å². The molecule has 0 amide bonds. The predicted molar refractivity (Wildman–Crippen MR) is 86.9 cm³/mol. The Balaban J connectivity index is 2.29. The van der Waals surface area contributed by atoms with Crippen LogP contribution in [0.4, 0.5) is 13.2 Å². The molecule has 7 heteroatoms. The summed E-state index contributed by atoms with van der Waals surface area (Å²) in [5.74, 6) is 0.296. The van der Waals surface area contributed by atoms with Crippen molar-refractivity contribution in [3.63, 3.8) is 0 Å². The van der Waals surface area contributed by atoms with Crippen molar-refractivity contribution in [2.45, 2.75) is 13.1 Å². The van der Waals surface area contributed by atoms with Crippen LogP contribution in [0.3, 0.4) is 0 Å². The maximum Gasteiger partial charge on any atom is 0.422 e. The van der Waals surface area contributed by atoms with Crippen molar-refractivity contribution in [1.82, 2.24) is 0 Å². The van der Waals surface area contributed by atoms with Crippen LogP contribution in [0.25, 0.3) is 0 Å². The first kappa shape index (κ1) is 18.3. The van der Waals surface area contributed by atoms with Gasteiger partial charge in [0.15, 0.2) is 12.4 Å². The maximum absolute atomic E-state index is 12.6. The van der Waals surface area contributed by atoms with Crippen molar-refractivity contribution >= 4 is 21.7 Å². The highest BCUT2D eigenvalue weighted by Gasteiger charge is 2.28. The molecule has 0 atom stereocenters. The molecule has 0 aromatic heterocycles. The number of ketones is 1. The molecule has 0 spiro atoms. The highest BCUT2D eigenvalue weighted by atomic mass is 79.9. The fraction of sp³-hybridized carbons (Fsp3) is 0.235. The third kappa shape index (κ3) is 4.74. The van der Waals surface area contributed by atoms with E-state index >= 15 is 0 Å². The first-order valence-electron chi connectivity index (χ1n) is 6.89. The fourth-order valence-electron chi connectivity index (χ4n) is 2.13. The summed E-state index contributed by atoms with van der Waals surface area (Å²) in [6.45, 7) is 0.382. The van der Waals surface area contributed by atoms with Crippen molar-refractivity contribution in [2.75, 3.05) is 13.7 Å². The molecular formula is C17H14BrF3O3. The molecule has 0 aliphatic heterocycles. The van der Waals surface area contributed by atoms with Gasteiger partial charge in [0.25, 0.3) is 0 Å². The van der Waals surface area contributed by atoms with Gasteiger partial charge in [-0.1, -0.05) is 15.9 Å². The molecule has 0 bridgehead atoms. The summed E-state index contributed by atoms with van der Waals surface area (Å²) in [5.41, 5.74) is 1.42. The molecule has 0 saturated heterocycles. The molecule has 0 aliphatic carbocycles. The minimum absolute atomic E-state index is 0.0321. The molecule has 2 aromatic rings. The van der Waals surface area contributed by atoms with Gasteiger partial charge in [0.05, 0.1) is 7.11 Å².